The topological polar surface area (TPSA) is 76.2 Å². The quantitative estimate of drug-likeness (QED) is 0.673. The predicted octanol–water partition coefficient (Wildman–Crippen LogP) is 2.52. The Kier molecular flexibility index (Phi) is 3.75. The van der Waals surface area contributed by atoms with Crippen molar-refractivity contribution in [2.45, 2.75) is 6.42 Å². The van der Waals surface area contributed by atoms with Crippen molar-refractivity contribution in [2.24, 2.45) is 0 Å². The van der Waals surface area contributed by atoms with Crippen LogP contribution < -0.4 is 0 Å². The van der Waals surface area contributed by atoms with Gasteiger partial charge in [0.1, 0.15) is 5.69 Å². The Morgan fingerprint density at radius 3 is 2.67 bits per heavy atom. The van der Waals surface area contributed by atoms with E-state index >= 15 is 0 Å². The molecule has 0 aliphatic carbocycles. The van der Waals surface area contributed by atoms with E-state index in [1.807, 2.05) is 24.3 Å². The van der Waals surface area contributed by atoms with Gasteiger partial charge in [0.15, 0.2) is 5.76 Å². The number of carboxylic acids is 1. The average Bonchev–Trinajstić information content (AvgIpc) is 2.78. The Bertz CT molecular complexity index is 590. The largest absolute Gasteiger partial charge is 0.478 e. The predicted molar refractivity (Wildman–Crippen MR) is 72.9 cm³/mol. The van der Waals surface area contributed by atoms with Crippen molar-refractivity contribution in [1.82, 2.24) is 10.4 Å². The number of hydrogen-bond acceptors (Lipinski definition) is 4. The summed E-state index contributed by atoms with van der Waals surface area (Å²) in [6, 6.07) is 7.63. The Morgan fingerprint density at radius 2 is 2.06 bits per heavy atom. The van der Waals surface area contributed by atoms with E-state index in [-0.39, 0.29) is 12.0 Å². The molecule has 0 fully saturated rings. The van der Waals surface area contributed by atoms with Crippen LogP contribution in [0, 0.1) is 3.57 Å². The van der Waals surface area contributed by atoms with Gasteiger partial charge in [0.2, 0.25) is 0 Å². The van der Waals surface area contributed by atoms with E-state index in [1.165, 1.54) is 0 Å². The van der Waals surface area contributed by atoms with Crippen molar-refractivity contribution in [3.8, 4) is 11.3 Å². The minimum atomic E-state index is -1.06. The van der Waals surface area contributed by atoms with Crippen LogP contribution in [0.15, 0.2) is 40.9 Å². The molecule has 0 amide bonds. The molecule has 0 spiro atoms. The lowest BCUT2D eigenvalue weighted by atomic mass is 10.1. The number of halogens is 1. The summed E-state index contributed by atoms with van der Waals surface area (Å²) in [5.74, 6) is -0.649. The third kappa shape index (κ3) is 2.76. The van der Waals surface area contributed by atoms with E-state index in [2.05, 4.69) is 39.5 Å². The second-order valence-corrected chi connectivity index (χ2v) is 4.88. The van der Waals surface area contributed by atoms with E-state index < -0.39 is 5.97 Å². The number of rotatable bonds is 4. The summed E-state index contributed by atoms with van der Waals surface area (Å²) in [5.41, 5.74) is 1.43. The molecule has 0 aliphatic rings. The van der Waals surface area contributed by atoms with Crippen molar-refractivity contribution in [3.63, 3.8) is 0 Å². The van der Waals surface area contributed by atoms with Crippen LogP contribution in [0.2, 0.25) is 0 Å². The monoisotopic (exact) mass is 356 g/mol. The van der Waals surface area contributed by atoms with E-state index in [0.29, 0.717) is 11.5 Å². The number of aromatic nitrogens is 2. The second-order valence-electron chi connectivity index (χ2n) is 3.64. The molecule has 0 aliphatic heterocycles. The summed E-state index contributed by atoms with van der Waals surface area (Å²) in [6.45, 7) is 3.46. The summed E-state index contributed by atoms with van der Waals surface area (Å²) in [5, 5.41) is 16.1. The fraction of sp³-hybridized carbons (Fsp3) is 0.0833. The highest BCUT2D eigenvalue weighted by Crippen LogP contribution is 2.23. The van der Waals surface area contributed by atoms with Gasteiger partial charge in [0.25, 0.3) is 0 Å². The fourth-order valence-corrected chi connectivity index (χ4v) is 1.78. The third-order valence-electron chi connectivity index (χ3n) is 2.35. The third-order valence-corrected chi connectivity index (χ3v) is 3.07. The highest BCUT2D eigenvalue weighted by Gasteiger charge is 2.16. The molecular weight excluding hydrogens is 347 g/mol. The van der Waals surface area contributed by atoms with Gasteiger partial charge in [-0.25, -0.2) is 4.79 Å². The van der Waals surface area contributed by atoms with Crippen molar-refractivity contribution < 1.29 is 14.4 Å². The molecule has 0 saturated heterocycles. The fourth-order valence-electron chi connectivity index (χ4n) is 1.42. The average molecular weight is 356 g/mol. The summed E-state index contributed by atoms with van der Waals surface area (Å²) < 4.78 is 6.08. The number of nitrogens with zero attached hydrogens (tertiary/aromatic N) is 2. The summed E-state index contributed by atoms with van der Waals surface area (Å²) >= 11 is 2.20. The van der Waals surface area contributed by atoms with Gasteiger partial charge in [-0.3, -0.25) is 0 Å². The van der Waals surface area contributed by atoms with Gasteiger partial charge in [-0.1, -0.05) is 18.7 Å². The number of hydrogen-bond donors (Lipinski definition) is 1. The van der Waals surface area contributed by atoms with E-state index in [4.69, 9.17) is 9.63 Å². The molecule has 5 nitrogen and oxygen atoms in total. The lowest BCUT2D eigenvalue weighted by Crippen LogP contribution is -2.02. The first kappa shape index (κ1) is 12.7. The zero-order chi connectivity index (χ0) is 13.1. The lowest BCUT2D eigenvalue weighted by Gasteiger charge is -2.00. The summed E-state index contributed by atoms with van der Waals surface area (Å²) in [7, 11) is 0. The van der Waals surface area contributed by atoms with Gasteiger partial charge in [0.05, 0.1) is 0 Å². The molecule has 1 heterocycles. The van der Waals surface area contributed by atoms with Crippen molar-refractivity contribution in [1.29, 1.82) is 0 Å². The van der Waals surface area contributed by atoms with Gasteiger partial charge in [0, 0.05) is 26.4 Å². The molecule has 0 radical (unpaired) electrons. The van der Waals surface area contributed by atoms with Gasteiger partial charge in [-0.05, 0) is 34.7 Å². The zero-order valence-electron chi connectivity index (χ0n) is 9.26. The molecular formula is C12H9IN2O3. The van der Waals surface area contributed by atoms with Crippen LogP contribution in [0.5, 0.6) is 0 Å². The molecule has 1 aromatic carbocycles. The minimum Gasteiger partial charge on any atom is -0.478 e. The standard InChI is InChI=1S/C12H9IN2O3/c1-7(12(16)17)6-10-11(14-15-18-10)8-2-4-9(13)5-3-8/h2-5H,1,6H2,(H,16,17). The van der Waals surface area contributed by atoms with Gasteiger partial charge in [-0.2, -0.15) is 0 Å². The lowest BCUT2D eigenvalue weighted by molar-refractivity contribution is -0.132. The van der Waals surface area contributed by atoms with E-state index in [1.54, 1.807) is 0 Å². The van der Waals surface area contributed by atoms with Crippen LogP contribution in [-0.2, 0) is 11.2 Å². The Balaban J connectivity index is 2.30. The molecule has 0 bridgehead atoms. The van der Waals surface area contributed by atoms with Gasteiger partial charge < -0.3 is 9.63 Å². The normalized spacial score (nSPS) is 10.3. The number of aliphatic carboxylic acids is 1. The molecule has 2 rings (SSSR count). The van der Waals surface area contributed by atoms with E-state index in [0.717, 1.165) is 9.13 Å². The van der Waals surface area contributed by atoms with Crippen molar-refractivity contribution in [3.05, 3.63) is 45.7 Å². The van der Waals surface area contributed by atoms with Crippen LogP contribution >= 0.6 is 22.6 Å². The molecule has 2 aromatic rings. The maximum absolute atomic E-state index is 10.7. The van der Waals surface area contributed by atoms with E-state index in [9.17, 15) is 4.79 Å². The first-order valence-corrected chi connectivity index (χ1v) is 6.14. The van der Waals surface area contributed by atoms with Gasteiger partial charge >= 0.3 is 5.97 Å². The molecule has 1 aromatic heterocycles. The van der Waals surface area contributed by atoms with Crippen molar-refractivity contribution in [2.75, 3.05) is 0 Å². The molecule has 0 unspecified atom stereocenters. The summed E-state index contributed by atoms with van der Waals surface area (Å²) in [4.78, 5) is 10.7. The smallest absolute Gasteiger partial charge is 0.331 e. The summed E-state index contributed by atoms with van der Waals surface area (Å²) in [6.07, 6.45) is 0.0870. The first-order valence-electron chi connectivity index (χ1n) is 5.06. The Labute approximate surface area is 117 Å². The number of carbonyl (C=O) groups is 1. The Hall–Kier alpha value is -1.70. The Morgan fingerprint density at radius 1 is 1.39 bits per heavy atom. The van der Waals surface area contributed by atoms with Crippen LogP contribution in [0.3, 0.4) is 0 Å². The van der Waals surface area contributed by atoms with Gasteiger partial charge in [-0.15, -0.1) is 5.10 Å². The highest BCUT2D eigenvalue weighted by atomic mass is 127. The van der Waals surface area contributed by atoms with Crippen molar-refractivity contribution >= 4 is 28.6 Å². The molecule has 18 heavy (non-hydrogen) atoms. The SMILES string of the molecule is C=C(Cc1onnc1-c1ccc(I)cc1)C(=O)O. The van der Waals surface area contributed by atoms with Crippen LogP contribution in [0.25, 0.3) is 11.3 Å². The maximum atomic E-state index is 10.7. The zero-order valence-corrected chi connectivity index (χ0v) is 11.4. The number of benzene rings is 1. The maximum Gasteiger partial charge on any atom is 0.331 e. The minimum absolute atomic E-state index is 0.0420. The molecule has 1 N–H and O–H groups in total. The van der Waals surface area contributed by atoms with Crippen LogP contribution in [0.1, 0.15) is 5.76 Å². The molecule has 92 valence electrons. The molecule has 6 heteroatoms. The molecule has 0 saturated carbocycles. The second kappa shape index (κ2) is 5.30. The number of carboxylic acid groups (broad SMARTS) is 1. The van der Waals surface area contributed by atoms with Crippen LogP contribution in [0.4, 0.5) is 0 Å². The van der Waals surface area contributed by atoms with Crippen LogP contribution in [-0.4, -0.2) is 21.4 Å². The highest BCUT2D eigenvalue weighted by molar-refractivity contribution is 14.1. The molecule has 0 atom stereocenters. The first-order chi connectivity index (χ1) is 8.58.